The summed E-state index contributed by atoms with van der Waals surface area (Å²) in [5.74, 6) is 0.671. The van der Waals surface area contributed by atoms with Crippen LogP contribution in [0.1, 0.15) is 39.3 Å². The molecule has 84 valence electrons. The van der Waals surface area contributed by atoms with E-state index in [-0.39, 0.29) is 6.04 Å². The number of pyridine rings is 1. The molecule has 0 aliphatic rings. The third-order valence-electron chi connectivity index (χ3n) is 2.53. The van der Waals surface area contributed by atoms with Crippen LogP contribution in [0.5, 0.6) is 0 Å². The van der Waals surface area contributed by atoms with Crippen molar-refractivity contribution in [2.45, 2.75) is 44.0 Å². The van der Waals surface area contributed by atoms with E-state index in [0.29, 0.717) is 11.2 Å². The van der Waals surface area contributed by atoms with Crippen LogP contribution in [-0.2, 0) is 0 Å². The molecule has 0 bridgehead atoms. The minimum atomic E-state index is 0.0686. The first-order valence-corrected chi connectivity index (χ1v) is 6.27. The zero-order chi connectivity index (χ0) is 11.4. The Morgan fingerprint density at radius 3 is 2.27 bits per heavy atom. The molecule has 2 nitrogen and oxygen atoms in total. The second-order valence-electron chi connectivity index (χ2n) is 4.29. The van der Waals surface area contributed by atoms with Crippen molar-refractivity contribution in [3.8, 4) is 0 Å². The zero-order valence-electron chi connectivity index (χ0n) is 9.90. The first-order valence-electron chi connectivity index (χ1n) is 5.39. The highest BCUT2D eigenvalue weighted by Gasteiger charge is 2.09. The summed E-state index contributed by atoms with van der Waals surface area (Å²) in [6, 6.07) is 4.19. The number of hydrogen-bond acceptors (Lipinski definition) is 3. The molecule has 2 atom stereocenters. The number of nitrogens with two attached hydrogens (primary N) is 1. The average molecular weight is 224 g/mol. The van der Waals surface area contributed by atoms with E-state index < -0.39 is 0 Å². The summed E-state index contributed by atoms with van der Waals surface area (Å²) in [6.07, 6.45) is 1.88. The molecule has 2 N–H and O–H groups in total. The van der Waals surface area contributed by atoms with Crippen LogP contribution in [0.25, 0.3) is 0 Å². The third-order valence-corrected chi connectivity index (χ3v) is 3.93. The highest BCUT2D eigenvalue weighted by atomic mass is 32.2. The first kappa shape index (κ1) is 12.5. The van der Waals surface area contributed by atoms with Gasteiger partial charge in [-0.3, -0.25) is 0 Å². The Bertz CT molecular complexity index is 293. The molecular weight excluding hydrogens is 204 g/mol. The second kappa shape index (κ2) is 5.52. The summed E-state index contributed by atoms with van der Waals surface area (Å²) >= 11 is 1.82. The quantitative estimate of drug-likeness (QED) is 0.798. The summed E-state index contributed by atoms with van der Waals surface area (Å²) in [5, 5.41) is 1.68. The monoisotopic (exact) mass is 224 g/mol. The van der Waals surface area contributed by atoms with E-state index in [9.17, 15) is 0 Å². The summed E-state index contributed by atoms with van der Waals surface area (Å²) < 4.78 is 0. The van der Waals surface area contributed by atoms with E-state index in [2.05, 4.69) is 37.9 Å². The largest absolute Gasteiger partial charge is 0.324 e. The van der Waals surface area contributed by atoms with Crippen LogP contribution >= 0.6 is 11.8 Å². The van der Waals surface area contributed by atoms with Gasteiger partial charge in [0.2, 0.25) is 0 Å². The Kier molecular flexibility index (Phi) is 4.61. The average Bonchev–Trinajstić information content (AvgIpc) is 2.18. The van der Waals surface area contributed by atoms with Crippen molar-refractivity contribution in [1.82, 2.24) is 4.98 Å². The Morgan fingerprint density at radius 2 is 1.87 bits per heavy atom. The van der Waals surface area contributed by atoms with Gasteiger partial charge in [-0.1, -0.05) is 26.8 Å². The number of nitrogens with zero attached hydrogens (tertiary/aromatic N) is 1. The second-order valence-corrected chi connectivity index (χ2v) is 5.68. The fourth-order valence-electron chi connectivity index (χ4n) is 1.06. The normalized spacial score (nSPS) is 15.3. The van der Waals surface area contributed by atoms with Crippen molar-refractivity contribution in [1.29, 1.82) is 0 Å². The van der Waals surface area contributed by atoms with E-state index in [1.807, 2.05) is 24.9 Å². The Morgan fingerprint density at radius 1 is 1.20 bits per heavy atom. The molecule has 0 saturated carbocycles. The fourth-order valence-corrected chi connectivity index (χ4v) is 1.97. The third kappa shape index (κ3) is 3.84. The van der Waals surface area contributed by atoms with Gasteiger partial charge in [0.05, 0.1) is 5.03 Å². The summed E-state index contributed by atoms with van der Waals surface area (Å²) in [5.41, 5.74) is 6.86. The lowest BCUT2D eigenvalue weighted by Crippen LogP contribution is -2.07. The topological polar surface area (TPSA) is 38.9 Å². The number of rotatable bonds is 4. The molecule has 0 aliphatic carbocycles. The molecule has 0 amide bonds. The van der Waals surface area contributed by atoms with Crippen LogP contribution in [0, 0.1) is 5.92 Å². The lowest BCUT2D eigenvalue weighted by molar-refractivity contribution is 0.641. The SMILES string of the molecule is CC(C)C(C)Sc1ccc([C@H](C)N)cn1. The van der Waals surface area contributed by atoms with Gasteiger partial charge in [0.15, 0.2) is 0 Å². The lowest BCUT2D eigenvalue weighted by atomic mass is 10.2. The van der Waals surface area contributed by atoms with E-state index in [1.165, 1.54) is 0 Å². The molecule has 1 heterocycles. The number of thioether (sulfide) groups is 1. The molecule has 3 heteroatoms. The maximum absolute atomic E-state index is 5.77. The van der Waals surface area contributed by atoms with Crippen LogP contribution < -0.4 is 5.73 Å². The minimum absolute atomic E-state index is 0.0686. The highest BCUT2D eigenvalue weighted by Crippen LogP contribution is 2.26. The maximum atomic E-state index is 5.77. The van der Waals surface area contributed by atoms with Gasteiger partial charge in [-0.25, -0.2) is 4.98 Å². The van der Waals surface area contributed by atoms with E-state index >= 15 is 0 Å². The molecule has 0 aliphatic heterocycles. The van der Waals surface area contributed by atoms with Crippen molar-refractivity contribution in [3.05, 3.63) is 23.9 Å². The van der Waals surface area contributed by atoms with E-state index in [1.54, 1.807) is 0 Å². The fraction of sp³-hybridized carbons (Fsp3) is 0.583. The van der Waals surface area contributed by atoms with Gasteiger partial charge >= 0.3 is 0 Å². The van der Waals surface area contributed by atoms with E-state index in [4.69, 9.17) is 5.73 Å². The molecule has 0 fully saturated rings. The predicted molar refractivity (Wildman–Crippen MR) is 67.0 cm³/mol. The van der Waals surface area contributed by atoms with Gasteiger partial charge in [-0.2, -0.15) is 0 Å². The zero-order valence-corrected chi connectivity index (χ0v) is 10.7. The summed E-state index contributed by atoms with van der Waals surface area (Å²) in [6.45, 7) is 8.67. The number of hydrogen-bond donors (Lipinski definition) is 1. The van der Waals surface area contributed by atoms with Crippen LogP contribution in [0.4, 0.5) is 0 Å². The van der Waals surface area contributed by atoms with E-state index in [0.717, 1.165) is 10.6 Å². The molecule has 0 spiro atoms. The standard InChI is InChI=1S/C12H20N2S/c1-8(2)10(4)15-12-6-5-11(7-14-12)9(3)13/h5-10H,13H2,1-4H3/t9-,10?/m0/s1. The molecule has 1 aromatic rings. The minimum Gasteiger partial charge on any atom is -0.324 e. The Balaban J connectivity index is 2.64. The predicted octanol–water partition coefficient (Wildman–Crippen LogP) is 3.24. The van der Waals surface area contributed by atoms with Crippen LogP contribution in [-0.4, -0.2) is 10.2 Å². The Hall–Kier alpha value is -0.540. The van der Waals surface area contributed by atoms with Crippen molar-refractivity contribution in [2.75, 3.05) is 0 Å². The molecule has 1 unspecified atom stereocenters. The molecular formula is C12H20N2S. The smallest absolute Gasteiger partial charge is 0.0962 e. The van der Waals surface area contributed by atoms with Gasteiger partial charge in [0.1, 0.15) is 0 Å². The summed E-state index contributed by atoms with van der Waals surface area (Å²) in [4.78, 5) is 4.41. The van der Waals surface area contributed by atoms with Crippen molar-refractivity contribution >= 4 is 11.8 Å². The molecule has 0 radical (unpaired) electrons. The lowest BCUT2D eigenvalue weighted by Gasteiger charge is -2.14. The van der Waals surface area contributed by atoms with Crippen LogP contribution in [0.15, 0.2) is 23.4 Å². The van der Waals surface area contributed by atoms with Gasteiger partial charge in [-0.05, 0) is 24.5 Å². The maximum Gasteiger partial charge on any atom is 0.0962 e. The van der Waals surface area contributed by atoms with Gasteiger partial charge < -0.3 is 5.73 Å². The first-order chi connectivity index (χ1) is 7.00. The Labute approximate surface area is 96.7 Å². The van der Waals surface area contributed by atoms with Crippen molar-refractivity contribution in [2.24, 2.45) is 11.7 Å². The highest BCUT2D eigenvalue weighted by molar-refractivity contribution is 7.99. The van der Waals surface area contributed by atoms with Gasteiger partial charge in [0, 0.05) is 17.5 Å². The molecule has 15 heavy (non-hydrogen) atoms. The molecule has 0 saturated heterocycles. The van der Waals surface area contributed by atoms with Crippen molar-refractivity contribution in [3.63, 3.8) is 0 Å². The van der Waals surface area contributed by atoms with Crippen molar-refractivity contribution < 1.29 is 0 Å². The van der Waals surface area contributed by atoms with Crippen LogP contribution in [0.2, 0.25) is 0 Å². The molecule has 1 aromatic heterocycles. The van der Waals surface area contributed by atoms with Crippen LogP contribution in [0.3, 0.4) is 0 Å². The summed E-state index contributed by atoms with van der Waals surface area (Å²) in [7, 11) is 0. The van der Waals surface area contributed by atoms with Gasteiger partial charge in [-0.15, -0.1) is 11.8 Å². The molecule has 1 rings (SSSR count). The van der Waals surface area contributed by atoms with Gasteiger partial charge in [0.25, 0.3) is 0 Å². The molecule has 0 aromatic carbocycles. The number of aromatic nitrogens is 1.